The molecule has 24 heteroatoms. The van der Waals surface area contributed by atoms with Crippen molar-refractivity contribution in [1.29, 1.82) is 0 Å². The maximum absolute atomic E-state index is 15.8. The number of aromatic amines is 1. The van der Waals surface area contributed by atoms with Crippen molar-refractivity contribution in [3.63, 3.8) is 0 Å². The predicted molar refractivity (Wildman–Crippen MR) is 165 cm³/mol. The van der Waals surface area contributed by atoms with Crippen molar-refractivity contribution in [2.75, 3.05) is 24.7 Å². The van der Waals surface area contributed by atoms with Gasteiger partial charge in [0.1, 0.15) is 55.5 Å². The number of H-pyrrole nitrogens is 1. The van der Waals surface area contributed by atoms with E-state index >= 15 is 4.39 Å². The number of fused-ring (bicyclic) bond motifs is 2. The SMILES string of the molecule is C#C[C@]1(COP(O)(=S)OC2[C@H](n3cnc4c(=O)[nH]c(N)nc43)O[C@H](CO[P+](=O)S)[C@H]2F)O[C@@H](n2cc(F)c3c(N)ncnc32)C[C@@H]1O. The second-order valence-corrected chi connectivity index (χ2v) is 14.8. The first-order valence-corrected chi connectivity index (χ1v) is 18.2. The van der Waals surface area contributed by atoms with Crippen LogP contribution in [0, 0.1) is 18.2 Å². The predicted octanol–water partition coefficient (Wildman–Crippen LogP) is 0.978. The van der Waals surface area contributed by atoms with E-state index in [4.69, 9.17) is 52.7 Å². The number of rotatable bonds is 10. The zero-order chi connectivity index (χ0) is 33.8. The molecule has 18 nitrogen and oxygen atoms in total. The minimum Gasteiger partial charge on any atom is -0.389 e. The van der Waals surface area contributed by atoms with E-state index < -0.39 is 81.1 Å². The van der Waals surface area contributed by atoms with Crippen molar-refractivity contribution in [2.24, 2.45) is 0 Å². The lowest BCUT2D eigenvalue weighted by Crippen LogP contribution is -2.42. The maximum atomic E-state index is 15.8. The minimum absolute atomic E-state index is 0.0634. The van der Waals surface area contributed by atoms with Crippen LogP contribution >= 0.6 is 26.2 Å². The summed E-state index contributed by atoms with van der Waals surface area (Å²) in [5, 5.41) is 10.9. The van der Waals surface area contributed by atoms with Gasteiger partial charge in [0.15, 0.2) is 40.6 Å². The zero-order valence-corrected chi connectivity index (χ0v) is 27.0. The van der Waals surface area contributed by atoms with Crippen LogP contribution in [0.2, 0.25) is 0 Å². The zero-order valence-electron chi connectivity index (χ0n) is 23.5. The van der Waals surface area contributed by atoms with E-state index in [1.165, 1.54) is 4.57 Å². The summed E-state index contributed by atoms with van der Waals surface area (Å²) in [7, 11) is -2.44. The minimum atomic E-state index is -4.47. The molecule has 2 aliphatic rings. The molecular formula is C23H24F2N9O9P2S2+. The number of nitrogens with one attached hydrogen (secondary N) is 1. The van der Waals surface area contributed by atoms with E-state index in [0.717, 1.165) is 23.4 Å². The average Bonchev–Trinajstić information content (AvgIpc) is 3.75. The largest absolute Gasteiger partial charge is 0.582 e. The van der Waals surface area contributed by atoms with Crippen LogP contribution in [0.15, 0.2) is 23.6 Å². The molecule has 0 radical (unpaired) electrons. The highest BCUT2D eigenvalue weighted by Crippen LogP contribution is 2.52. The Morgan fingerprint density at radius 3 is 2.83 bits per heavy atom. The van der Waals surface area contributed by atoms with Gasteiger partial charge < -0.3 is 40.0 Å². The number of nitrogen functional groups attached to an aromatic ring is 2. The highest BCUT2D eigenvalue weighted by Gasteiger charge is 2.53. The quantitative estimate of drug-likeness (QED) is 0.0755. The molecule has 4 aromatic rings. The van der Waals surface area contributed by atoms with Crippen LogP contribution in [-0.2, 0) is 39.4 Å². The Balaban J connectivity index is 1.24. The number of thiol groups is 1. The molecule has 0 spiro atoms. The van der Waals surface area contributed by atoms with Crippen molar-refractivity contribution >= 4 is 72.0 Å². The Hall–Kier alpha value is -3.19. The third kappa shape index (κ3) is 6.25. The lowest BCUT2D eigenvalue weighted by molar-refractivity contribution is -0.0889. The van der Waals surface area contributed by atoms with Gasteiger partial charge in [-0.05, 0) is 16.4 Å². The first kappa shape index (κ1) is 33.7. The van der Waals surface area contributed by atoms with E-state index in [0.29, 0.717) is 0 Å². The van der Waals surface area contributed by atoms with Crippen molar-refractivity contribution in [1.82, 2.24) is 34.1 Å². The standard InChI is InChI=1S/C23H23F2N9O9P2S2/c1-2-23(11(35)3-12(42-23)33-4-9(24)13-17(26)28-7-29-18(13)33)6-40-45(38,47)43-16-14(25)10(5-39-44(37)46)41-21(16)34-8-30-15-19(34)31-22(27)32-20(15)36/h1,4,7-8,10-12,14,16,21,35H,3,5-6H2,(H6-,26,27,28,29,31,32,36,37,38,46,47)/p+1/t10-,11+,12-,14-,16?,21-,23-,45?/m1/s1. The number of ether oxygens (including phenoxy) is 2. The van der Waals surface area contributed by atoms with Gasteiger partial charge in [0.25, 0.3) is 5.56 Å². The van der Waals surface area contributed by atoms with Gasteiger partial charge in [-0.2, -0.15) is 4.98 Å². The fraction of sp³-hybridized carbons (Fsp3) is 0.435. The number of hydrogen-bond donors (Lipinski definition) is 6. The number of alkyl halides is 1. The average molecular weight is 735 g/mol. The summed E-state index contributed by atoms with van der Waals surface area (Å²) >= 11 is 8.82. The lowest BCUT2D eigenvalue weighted by atomic mass is 9.99. The molecule has 0 aliphatic carbocycles. The highest BCUT2D eigenvalue weighted by atomic mass is 32.7. The van der Waals surface area contributed by atoms with Crippen LogP contribution in [-0.4, -0.2) is 87.4 Å². The molecule has 3 unspecified atom stereocenters. The van der Waals surface area contributed by atoms with Gasteiger partial charge in [-0.25, -0.2) is 23.7 Å². The summed E-state index contributed by atoms with van der Waals surface area (Å²) in [6.45, 7) is -5.78. The summed E-state index contributed by atoms with van der Waals surface area (Å²) in [4.78, 5) is 41.5. The third-order valence-electron chi connectivity index (χ3n) is 7.49. The smallest absolute Gasteiger partial charge is 0.389 e. The normalized spacial score (nSPS) is 29.3. The Kier molecular flexibility index (Phi) is 9.10. The van der Waals surface area contributed by atoms with Crippen LogP contribution in [0.4, 0.5) is 20.5 Å². The number of imidazole rings is 1. The van der Waals surface area contributed by atoms with Gasteiger partial charge in [-0.15, -0.1) is 10.9 Å². The van der Waals surface area contributed by atoms with Crippen LogP contribution in [0.25, 0.3) is 22.2 Å². The molecule has 2 fully saturated rings. The fourth-order valence-corrected chi connectivity index (χ4v) is 7.17. The number of nitrogens with two attached hydrogens (primary N) is 2. The molecule has 0 bridgehead atoms. The van der Waals surface area contributed by atoms with Gasteiger partial charge in [0.05, 0.1) is 18.3 Å². The maximum Gasteiger partial charge on any atom is 0.582 e. The molecule has 7 N–H and O–H groups in total. The van der Waals surface area contributed by atoms with Gasteiger partial charge in [-0.1, -0.05) is 5.92 Å². The lowest BCUT2D eigenvalue weighted by Gasteiger charge is -2.30. The van der Waals surface area contributed by atoms with E-state index in [1.807, 2.05) is 0 Å². The fourth-order valence-electron chi connectivity index (χ4n) is 5.30. The van der Waals surface area contributed by atoms with Gasteiger partial charge in [0.2, 0.25) is 5.95 Å². The summed E-state index contributed by atoms with van der Waals surface area (Å²) in [6.07, 6.45) is -0.417. The van der Waals surface area contributed by atoms with Crippen LogP contribution < -0.4 is 17.0 Å². The van der Waals surface area contributed by atoms with Gasteiger partial charge in [-0.3, -0.25) is 18.9 Å². The molecule has 47 heavy (non-hydrogen) atoms. The van der Waals surface area contributed by atoms with Crippen molar-refractivity contribution in [3.8, 4) is 12.3 Å². The van der Waals surface area contributed by atoms with Crippen LogP contribution in [0.5, 0.6) is 0 Å². The molecule has 0 aromatic carbocycles. The van der Waals surface area contributed by atoms with E-state index in [1.54, 1.807) is 0 Å². The number of terminal acetylenes is 1. The number of aliphatic hydroxyl groups excluding tert-OH is 1. The number of halogens is 2. The van der Waals surface area contributed by atoms with E-state index in [2.05, 4.69) is 43.1 Å². The first-order valence-electron chi connectivity index (χ1n) is 13.3. The number of aromatic nitrogens is 7. The van der Waals surface area contributed by atoms with Gasteiger partial charge >= 0.3 is 13.9 Å². The molecular weight excluding hydrogens is 710 g/mol. The van der Waals surface area contributed by atoms with Crippen molar-refractivity contribution in [2.45, 2.75) is 49.0 Å². The van der Waals surface area contributed by atoms with Crippen LogP contribution in [0.3, 0.4) is 0 Å². The molecule has 4 aromatic heterocycles. The Bertz CT molecular complexity index is 2030. The molecule has 2 aliphatic heterocycles. The number of aliphatic hydroxyl groups is 1. The second kappa shape index (κ2) is 12.7. The Morgan fingerprint density at radius 2 is 2.11 bits per heavy atom. The summed E-state index contributed by atoms with van der Waals surface area (Å²) in [5.41, 5.74) is 8.61. The number of nitrogens with zero attached hydrogens (tertiary/aromatic N) is 6. The molecule has 0 amide bonds. The van der Waals surface area contributed by atoms with Crippen LogP contribution in [0.1, 0.15) is 18.9 Å². The Labute approximate surface area is 273 Å². The number of hydrogen-bond acceptors (Lipinski definition) is 15. The highest BCUT2D eigenvalue weighted by molar-refractivity contribution is 8.39. The van der Waals surface area contributed by atoms with Crippen molar-refractivity contribution < 1.29 is 46.4 Å². The van der Waals surface area contributed by atoms with Gasteiger partial charge in [0, 0.05) is 12.6 Å². The second-order valence-electron chi connectivity index (χ2n) is 10.3. The Morgan fingerprint density at radius 1 is 1.34 bits per heavy atom. The van der Waals surface area contributed by atoms with E-state index in [-0.39, 0.29) is 40.4 Å². The first-order chi connectivity index (χ1) is 22.2. The third-order valence-corrected chi connectivity index (χ3v) is 9.75. The van der Waals surface area contributed by atoms with Crippen molar-refractivity contribution in [3.05, 3.63) is 35.0 Å². The molecule has 6 rings (SSSR count). The molecule has 2 saturated heterocycles. The molecule has 0 saturated carbocycles. The molecule has 6 heterocycles. The molecule has 250 valence electrons. The number of anilines is 2. The topological polar surface area (TPSA) is 250 Å². The van der Waals surface area contributed by atoms with E-state index in [9.17, 15) is 23.7 Å². The summed E-state index contributed by atoms with van der Waals surface area (Å²) < 4.78 is 72.0. The summed E-state index contributed by atoms with van der Waals surface area (Å²) in [6, 6.07) is 0. The molecule has 9 atom stereocenters. The summed E-state index contributed by atoms with van der Waals surface area (Å²) in [5.74, 6) is 1.16. The monoisotopic (exact) mass is 734 g/mol.